The van der Waals surface area contributed by atoms with Gasteiger partial charge in [0.05, 0.1) is 10.4 Å². The van der Waals surface area contributed by atoms with Crippen molar-refractivity contribution in [2.45, 2.75) is 0 Å². The lowest BCUT2D eigenvalue weighted by Crippen LogP contribution is -1.87. The zero-order chi connectivity index (χ0) is 11.8. The third-order valence-electron chi connectivity index (χ3n) is 2.50. The van der Waals surface area contributed by atoms with Crippen molar-refractivity contribution in [2.75, 3.05) is 0 Å². The van der Waals surface area contributed by atoms with Crippen LogP contribution < -0.4 is 0 Å². The van der Waals surface area contributed by atoms with Gasteiger partial charge < -0.3 is 0 Å². The van der Waals surface area contributed by atoms with E-state index in [9.17, 15) is 4.79 Å². The average Bonchev–Trinajstić information content (AvgIpc) is 2.95. The van der Waals surface area contributed by atoms with Gasteiger partial charge in [-0.05, 0) is 39.5 Å². The summed E-state index contributed by atoms with van der Waals surface area (Å²) in [6, 6.07) is 7.79. The molecular weight excluding hydrogens is 300 g/mol. The van der Waals surface area contributed by atoms with Crippen LogP contribution in [0, 0.1) is 0 Å². The highest BCUT2D eigenvalue weighted by molar-refractivity contribution is 9.10. The summed E-state index contributed by atoms with van der Waals surface area (Å²) in [5, 5.41) is 2.00. The lowest BCUT2D eigenvalue weighted by Gasteiger charge is -1.99. The summed E-state index contributed by atoms with van der Waals surface area (Å²) < 4.78 is 2.80. The molecule has 0 unspecified atom stereocenters. The van der Waals surface area contributed by atoms with E-state index in [1.807, 2.05) is 40.2 Å². The zero-order valence-corrected chi connectivity index (χ0v) is 11.0. The van der Waals surface area contributed by atoms with E-state index in [2.05, 4.69) is 20.9 Å². The van der Waals surface area contributed by atoms with Crippen molar-refractivity contribution in [1.29, 1.82) is 0 Å². The quantitative estimate of drug-likeness (QED) is 0.677. The van der Waals surface area contributed by atoms with Crippen LogP contribution in [0.15, 0.2) is 40.3 Å². The molecule has 0 saturated heterocycles. The fourth-order valence-corrected chi connectivity index (χ4v) is 3.04. The molecule has 0 amide bonds. The first kappa shape index (κ1) is 10.7. The molecule has 3 nitrogen and oxygen atoms in total. The van der Waals surface area contributed by atoms with E-state index in [0.29, 0.717) is 5.69 Å². The number of halogens is 1. The maximum absolute atomic E-state index is 11.1. The smallest absolute Gasteiger partial charge is 0.170 e. The highest BCUT2D eigenvalue weighted by atomic mass is 79.9. The molecule has 3 aromatic rings. The zero-order valence-electron chi connectivity index (χ0n) is 8.63. The van der Waals surface area contributed by atoms with Gasteiger partial charge in [-0.3, -0.25) is 9.20 Å². The van der Waals surface area contributed by atoms with Gasteiger partial charge in [0.15, 0.2) is 12.1 Å². The number of thiophene rings is 1. The van der Waals surface area contributed by atoms with E-state index >= 15 is 0 Å². The normalized spacial score (nSPS) is 10.9. The molecule has 3 aromatic heterocycles. The van der Waals surface area contributed by atoms with E-state index in [4.69, 9.17) is 0 Å². The Morgan fingerprint density at radius 3 is 2.94 bits per heavy atom. The summed E-state index contributed by atoms with van der Waals surface area (Å²) in [5.41, 5.74) is 1.27. The first-order valence-electron chi connectivity index (χ1n) is 4.97. The number of rotatable bonds is 2. The van der Waals surface area contributed by atoms with E-state index in [0.717, 1.165) is 27.0 Å². The molecule has 0 atom stereocenters. The molecule has 0 aromatic carbocycles. The number of hydrogen-bond donors (Lipinski definition) is 0. The Labute approximate surface area is 110 Å². The van der Waals surface area contributed by atoms with Crippen LogP contribution in [0.25, 0.3) is 16.2 Å². The summed E-state index contributed by atoms with van der Waals surface area (Å²) in [6.45, 7) is 0. The molecule has 84 valence electrons. The minimum Gasteiger partial charge on any atom is -0.297 e. The summed E-state index contributed by atoms with van der Waals surface area (Å²) in [6.07, 6.45) is 2.70. The van der Waals surface area contributed by atoms with Gasteiger partial charge in [-0.2, -0.15) is 0 Å². The lowest BCUT2D eigenvalue weighted by molar-refractivity contribution is 0.112. The second kappa shape index (κ2) is 4.09. The molecule has 3 rings (SSSR count). The van der Waals surface area contributed by atoms with E-state index in [1.165, 1.54) is 0 Å². The molecule has 0 N–H and O–H groups in total. The van der Waals surface area contributed by atoms with Crippen LogP contribution in [0.1, 0.15) is 10.5 Å². The number of pyridine rings is 1. The Morgan fingerprint density at radius 2 is 2.24 bits per heavy atom. The number of nitrogens with zero attached hydrogens (tertiary/aromatic N) is 2. The van der Waals surface area contributed by atoms with Crippen LogP contribution in [0.3, 0.4) is 0 Å². The maximum atomic E-state index is 11.1. The third kappa shape index (κ3) is 1.62. The molecule has 3 heterocycles. The van der Waals surface area contributed by atoms with Crippen molar-refractivity contribution >= 4 is 39.1 Å². The number of carbonyl (C=O) groups excluding carboxylic acids is 1. The predicted octanol–water partition coefficient (Wildman–Crippen LogP) is 3.64. The van der Waals surface area contributed by atoms with Crippen molar-refractivity contribution in [1.82, 2.24) is 9.38 Å². The van der Waals surface area contributed by atoms with Crippen LogP contribution in [0.4, 0.5) is 0 Å². The van der Waals surface area contributed by atoms with Gasteiger partial charge in [-0.25, -0.2) is 4.98 Å². The van der Waals surface area contributed by atoms with Gasteiger partial charge in [0, 0.05) is 10.7 Å². The molecular formula is C12H7BrN2OS. The minimum absolute atomic E-state index is 0.459. The number of hydrogen-bond acceptors (Lipinski definition) is 3. The molecule has 0 bridgehead atoms. The molecule has 0 fully saturated rings. The largest absolute Gasteiger partial charge is 0.297 e. The number of aromatic nitrogens is 2. The van der Waals surface area contributed by atoms with Gasteiger partial charge in [-0.1, -0.05) is 6.07 Å². The van der Waals surface area contributed by atoms with Crippen molar-refractivity contribution in [3.8, 4) is 10.7 Å². The first-order valence-corrected chi connectivity index (χ1v) is 6.64. The van der Waals surface area contributed by atoms with E-state index in [-0.39, 0.29) is 0 Å². The topological polar surface area (TPSA) is 34.4 Å². The number of carbonyl (C=O) groups is 1. The molecule has 5 heteroatoms. The van der Waals surface area contributed by atoms with Crippen LogP contribution in [0.5, 0.6) is 0 Å². The lowest BCUT2D eigenvalue weighted by atomic mass is 10.3. The van der Waals surface area contributed by atoms with Crippen molar-refractivity contribution in [3.63, 3.8) is 0 Å². The van der Waals surface area contributed by atoms with Gasteiger partial charge in [-0.15, -0.1) is 11.3 Å². The van der Waals surface area contributed by atoms with Crippen LogP contribution in [-0.2, 0) is 0 Å². The Hall–Kier alpha value is -1.46. The van der Waals surface area contributed by atoms with Gasteiger partial charge in [0.25, 0.3) is 0 Å². The highest BCUT2D eigenvalue weighted by Crippen LogP contribution is 2.29. The van der Waals surface area contributed by atoms with Crippen molar-refractivity contribution in [2.24, 2.45) is 0 Å². The van der Waals surface area contributed by atoms with Crippen molar-refractivity contribution in [3.05, 3.63) is 46.0 Å². The fourth-order valence-electron chi connectivity index (χ4n) is 1.79. The predicted molar refractivity (Wildman–Crippen MR) is 71.6 cm³/mol. The monoisotopic (exact) mass is 306 g/mol. The fraction of sp³-hybridized carbons (Fsp3) is 0. The van der Waals surface area contributed by atoms with E-state index < -0.39 is 0 Å². The van der Waals surface area contributed by atoms with Gasteiger partial charge >= 0.3 is 0 Å². The molecule has 0 saturated carbocycles. The van der Waals surface area contributed by atoms with Crippen LogP contribution >= 0.6 is 27.3 Å². The highest BCUT2D eigenvalue weighted by Gasteiger charge is 2.14. The summed E-state index contributed by atoms with van der Waals surface area (Å²) in [5.74, 6) is 0.804. The summed E-state index contributed by atoms with van der Waals surface area (Å²) in [4.78, 5) is 16.5. The molecule has 0 spiro atoms. The molecule has 17 heavy (non-hydrogen) atoms. The summed E-state index contributed by atoms with van der Waals surface area (Å²) in [7, 11) is 0. The second-order valence-electron chi connectivity index (χ2n) is 3.49. The SMILES string of the molecule is O=Cc1nc(-c2cccs2)n2cccc(Br)c12. The molecule has 0 radical (unpaired) electrons. The Balaban J connectivity index is 2.41. The number of imidazole rings is 1. The standard InChI is InChI=1S/C12H7BrN2OS/c13-8-3-1-5-15-11(8)9(7-16)14-12(15)10-4-2-6-17-10/h1-7H. The minimum atomic E-state index is 0.459. The second-order valence-corrected chi connectivity index (χ2v) is 5.29. The average molecular weight is 307 g/mol. The Kier molecular flexibility index (Phi) is 2.57. The summed E-state index contributed by atoms with van der Waals surface area (Å²) >= 11 is 5.05. The number of aldehydes is 1. The third-order valence-corrected chi connectivity index (χ3v) is 4.00. The molecule has 0 aliphatic heterocycles. The maximum Gasteiger partial charge on any atom is 0.170 e. The van der Waals surface area contributed by atoms with Crippen molar-refractivity contribution < 1.29 is 4.79 Å². The first-order chi connectivity index (χ1) is 8.31. The van der Waals surface area contributed by atoms with Gasteiger partial charge in [0.1, 0.15) is 5.69 Å². The molecule has 0 aliphatic carbocycles. The Bertz CT molecular complexity index is 688. The number of fused-ring (bicyclic) bond motifs is 1. The van der Waals surface area contributed by atoms with Crippen LogP contribution in [-0.4, -0.2) is 15.7 Å². The van der Waals surface area contributed by atoms with Gasteiger partial charge in [0.2, 0.25) is 0 Å². The molecule has 0 aliphatic rings. The van der Waals surface area contributed by atoms with Crippen LogP contribution in [0.2, 0.25) is 0 Å². The Morgan fingerprint density at radius 1 is 1.35 bits per heavy atom. The van der Waals surface area contributed by atoms with E-state index in [1.54, 1.807) is 11.3 Å².